The van der Waals surface area contributed by atoms with Crippen molar-refractivity contribution >= 4 is 22.9 Å². The van der Waals surface area contributed by atoms with Crippen molar-refractivity contribution < 1.29 is 0 Å². The Bertz CT molecular complexity index is 336. The predicted octanol–water partition coefficient (Wildman–Crippen LogP) is 2.62. The average molecular weight is 274 g/mol. The maximum absolute atomic E-state index is 5.86. The van der Waals surface area contributed by atoms with Gasteiger partial charge < -0.3 is 5.32 Å². The fourth-order valence-corrected chi connectivity index (χ4v) is 3.33. The summed E-state index contributed by atoms with van der Waals surface area (Å²) in [6.07, 6.45) is 4.51. The van der Waals surface area contributed by atoms with Crippen molar-refractivity contribution in [1.29, 1.82) is 0 Å². The highest BCUT2D eigenvalue weighted by Gasteiger charge is 2.16. The quantitative estimate of drug-likeness (QED) is 0.894. The molecular formula is C12H20ClN3S. The smallest absolute Gasteiger partial charge is 0.183 e. The largest absolute Gasteiger partial charge is 0.317 e. The Balaban J connectivity index is 1.83. The van der Waals surface area contributed by atoms with E-state index in [-0.39, 0.29) is 0 Å². The highest BCUT2D eigenvalue weighted by atomic mass is 35.5. The normalized spacial score (nSPS) is 17.8. The van der Waals surface area contributed by atoms with E-state index in [4.69, 9.17) is 11.6 Å². The van der Waals surface area contributed by atoms with Gasteiger partial charge in [0.2, 0.25) is 0 Å². The second-order valence-electron chi connectivity index (χ2n) is 4.60. The number of aromatic nitrogens is 1. The summed E-state index contributed by atoms with van der Waals surface area (Å²) < 4.78 is 0.651. The summed E-state index contributed by atoms with van der Waals surface area (Å²) in [6, 6.07) is 0. The average Bonchev–Trinajstić information content (AvgIpc) is 2.75. The third kappa shape index (κ3) is 4.21. The van der Waals surface area contributed by atoms with E-state index in [2.05, 4.69) is 22.1 Å². The van der Waals surface area contributed by atoms with E-state index >= 15 is 0 Å². The molecule has 1 aliphatic rings. The highest BCUT2D eigenvalue weighted by molar-refractivity contribution is 7.15. The van der Waals surface area contributed by atoms with Crippen LogP contribution in [0.1, 0.15) is 24.6 Å². The molecule has 17 heavy (non-hydrogen) atoms. The molecule has 0 spiro atoms. The van der Waals surface area contributed by atoms with Crippen molar-refractivity contribution in [3.63, 3.8) is 0 Å². The molecule has 2 rings (SSSR count). The molecular weight excluding hydrogens is 254 g/mol. The lowest BCUT2D eigenvalue weighted by Crippen LogP contribution is -2.35. The first-order chi connectivity index (χ1) is 8.28. The van der Waals surface area contributed by atoms with Gasteiger partial charge in [-0.25, -0.2) is 4.98 Å². The second-order valence-corrected chi connectivity index (χ2v) is 6.30. The molecule has 0 amide bonds. The molecule has 0 saturated carbocycles. The van der Waals surface area contributed by atoms with Gasteiger partial charge in [0.1, 0.15) is 0 Å². The zero-order valence-corrected chi connectivity index (χ0v) is 11.9. The van der Waals surface area contributed by atoms with Gasteiger partial charge in [0.05, 0.1) is 0 Å². The van der Waals surface area contributed by atoms with Crippen LogP contribution >= 0.6 is 22.9 Å². The fourth-order valence-electron chi connectivity index (χ4n) is 2.31. The Hall–Kier alpha value is -0.160. The number of thiazole rings is 1. The molecule has 0 aromatic carbocycles. The van der Waals surface area contributed by atoms with Gasteiger partial charge in [-0.1, -0.05) is 18.5 Å². The van der Waals surface area contributed by atoms with Gasteiger partial charge in [0.25, 0.3) is 0 Å². The van der Waals surface area contributed by atoms with Crippen LogP contribution in [0.5, 0.6) is 0 Å². The summed E-state index contributed by atoms with van der Waals surface area (Å²) in [5, 5.41) is 3.42. The van der Waals surface area contributed by atoms with Gasteiger partial charge in [-0.05, 0) is 38.4 Å². The van der Waals surface area contributed by atoms with Crippen molar-refractivity contribution in [1.82, 2.24) is 15.2 Å². The van der Waals surface area contributed by atoms with Crippen molar-refractivity contribution in [2.45, 2.75) is 26.3 Å². The highest BCUT2D eigenvalue weighted by Crippen LogP contribution is 2.21. The standard InChI is InChI=1S/C12H20ClN3S/c1-2-16(8-10-3-5-14-6-4-10)9-11-7-15-12(13)17-11/h7,10,14H,2-6,8-9H2,1H3. The van der Waals surface area contributed by atoms with Crippen LogP contribution in [0.4, 0.5) is 0 Å². The van der Waals surface area contributed by atoms with E-state index in [1.807, 2.05) is 6.20 Å². The van der Waals surface area contributed by atoms with E-state index in [9.17, 15) is 0 Å². The number of piperidine rings is 1. The molecule has 0 atom stereocenters. The van der Waals surface area contributed by atoms with Crippen LogP contribution < -0.4 is 5.32 Å². The van der Waals surface area contributed by atoms with Crippen molar-refractivity contribution in [3.05, 3.63) is 15.5 Å². The summed E-state index contributed by atoms with van der Waals surface area (Å²) in [7, 11) is 0. The SMILES string of the molecule is CCN(Cc1cnc(Cl)s1)CC1CCNCC1. The number of hydrogen-bond acceptors (Lipinski definition) is 4. The van der Waals surface area contributed by atoms with E-state index in [1.54, 1.807) is 11.3 Å². The number of rotatable bonds is 5. The Kier molecular flexibility index (Phi) is 5.22. The van der Waals surface area contributed by atoms with Crippen molar-refractivity contribution in [2.75, 3.05) is 26.2 Å². The fraction of sp³-hybridized carbons (Fsp3) is 0.750. The van der Waals surface area contributed by atoms with Crippen LogP contribution in [-0.2, 0) is 6.54 Å². The minimum Gasteiger partial charge on any atom is -0.317 e. The van der Waals surface area contributed by atoms with E-state index in [0.717, 1.165) is 19.0 Å². The minimum absolute atomic E-state index is 0.651. The summed E-state index contributed by atoms with van der Waals surface area (Å²) in [6.45, 7) is 7.87. The van der Waals surface area contributed by atoms with Gasteiger partial charge in [-0.3, -0.25) is 4.90 Å². The van der Waals surface area contributed by atoms with Gasteiger partial charge in [-0.2, -0.15) is 0 Å². The minimum atomic E-state index is 0.651. The van der Waals surface area contributed by atoms with E-state index in [0.29, 0.717) is 4.47 Å². The van der Waals surface area contributed by atoms with Gasteiger partial charge in [-0.15, -0.1) is 11.3 Å². The number of nitrogens with zero attached hydrogens (tertiary/aromatic N) is 2. The Morgan fingerprint density at radius 1 is 1.53 bits per heavy atom. The Morgan fingerprint density at radius 3 is 2.88 bits per heavy atom. The molecule has 0 unspecified atom stereocenters. The maximum Gasteiger partial charge on any atom is 0.183 e. The monoisotopic (exact) mass is 273 g/mol. The summed E-state index contributed by atoms with van der Waals surface area (Å²) in [4.78, 5) is 7.87. The van der Waals surface area contributed by atoms with E-state index < -0.39 is 0 Å². The topological polar surface area (TPSA) is 28.2 Å². The van der Waals surface area contributed by atoms with Gasteiger partial charge in [0.15, 0.2) is 4.47 Å². The molecule has 1 N–H and O–H groups in total. The van der Waals surface area contributed by atoms with Gasteiger partial charge in [0, 0.05) is 24.2 Å². The molecule has 3 nitrogen and oxygen atoms in total. The lowest BCUT2D eigenvalue weighted by molar-refractivity contribution is 0.208. The Morgan fingerprint density at radius 2 is 2.29 bits per heavy atom. The van der Waals surface area contributed by atoms with Gasteiger partial charge >= 0.3 is 0 Å². The molecule has 0 aliphatic carbocycles. The first-order valence-electron chi connectivity index (χ1n) is 6.31. The molecule has 1 fully saturated rings. The third-order valence-corrected chi connectivity index (χ3v) is 4.43. The lowest BCUT2D eigenvalue weighted by Gasteiger charge is -2.28. The van der Waals surface area contributed by atoms with Crippen molar-refractivity contribution in [3.8, 4) is 0 Å². The van der Waals surface area contributed by atoms with Crippen LogP contribution in [0.2, 0.25) is 4.47 Å². The zero-order valence-electron chi connectivity index (χ0n) is 10.3. The molecule has 1 saturated heterocycles. The zero-order chi connectivity index (χ0) is 12.1. The molecule has 96 valence electrons. The molecule has 5 heteroatoms. The number of nitrogens with one attached hydrogen (secondary N) is 1. The molecule has 0 bridgehead atoms. The van der Waals surface area contributed by atoms with Crippen LogP contribution in [0.3, 0.4) is 0 Å². The molecule has 2 heterocycles. The first-order valence-corrected chi connectivity index (χ1v) is 7.50. The van der Waals surface area contributed by atoms with Crippen LogP contribution in [0, 0.1) is 5.92 Å². The molecule has 0 radical (unpaired) electrons. The summed E-state index contributed by atoms with van der Waals surface area (Å²) >= 11 is 7.45. The van der Waals surface area contributed by atoms with Crippen LogP contribution in [-0.4, -0.2) is 36.1 Å². The molecule has 1 aromatic heterocycles. The lowest BCUT2D eigenvalue weighted by atomic mass is 9.97. The maximum atomic E-state index is 5.86. The summed E-state index contributed by atoms with van der Waals surface area (Å²) in [5.41, 5.74) is 0. The number of hydrogen-bond donors (Lipinski definition) is 1. The van der Waals surface area contributed by atoms with Crippen molar-refractivity contribution in [2.24, 2.45) is 5.92 Å². The van der Waals surface area contributed by atoms with Crippen LogP contribution in [0.25, 0.3) is 0 Å². The number of halogens is 1. The predicted molar refractivity (Wildman–Crippen MR) is 73.7 cm³/mol. The first kappa shape index (κ1) is 13.3. The second kappa shape index (κ2) is 6.69. The summed E-state index contributed by atoms with van der Waals surface area (Å²) in [5.74, 6) is 0.847. The Labute approximate surface area is 112 Å². The van der Waals surface area contributed by atoms with E-state index in [1.165, 1.54) is 37.4 Å². The third-order valence-electron chi connectivity index (χ3n) is 3.33. The molecule has 1 aromatic rings. The van der Waals surface area contributed by atoms with Crippen LogP contribution in [0.15, 0.2) is 6.20 Å². The molecule has 1 aliphatic heterocycles.